The fraction of sp³-hybridized carbons (Fsp3) is 0.867. The molecule has 1 unspecified atom stereocenters. The Morgan fingerprint density at radius 1 is 1.29 bits per heavy atom. The van der Waals surface area contributed by atoms with Gasteiger partial charge in [-0.3, -0.25) is 0 Å². The van der Waals surface area contributed by atoms with Gasteiger partial charge in [0, 0.05) is 11.6 Å². The predicted molar refractivity (Wildman–Crippen MR) is 76.4 cm³/mol. The van der Waals surface area contributed by atoms with Crippen LogP contribution in [0.3, 0.4) is 0 Å². The van der Waals surface area contributed by atoms with Crippen molar-refractivity contribution in [3.8, 4) is 0 Å². The van der Waals surface area contributed by atoms with E-state index in [4.69, 9.17) is 0 Å². The molecule has 1 aliphatic rings. The summed E-state index contributed by atoms with van der Waals surface area (Å²) >= 11 is 0. The van der Waals surface area contributed by atoms with Crippen LogP contribution in [0.25, 0.3) is 0 Å². The Bertz CT molecular complexity index is 239. The standard InChI is InChI=1S/C15H30N2/c1-6-16-14(12-13(2)3)15(17(4)5)10-8-7-9-11-15/h14,16H,2,6-12H2,1,3-5H3. The largest absolute Gasteiger partial charge is 0.312 e. The van der Waals surface area contributed by atoms with E-state index in [2.05, 4.69) is 44.7 Å². The molecule has 17 heavy (non-hydrogen) atoms. The Morgan fingerprint density at radius 3 is 2.29 bits per heavy atom. The third-order valence-electron chi connectivity index (χ3n) is 4.26. The van der Waals surface area contributed by atoms with Gasteiger partial charge in [-0.25, -0.2) is 0 Å². The lowest BCUT2D eigenvalue weighted by molar-refractivity contribution is 0.0575. The van der Waals surface area contributed by atoms with E-state index in [1.165, 1.54) is 37.7 Å². The van der Waals surface area contributed by atoms with Crippen molar-refractivity contribution in [1.29, 1.82) is 0 Å². The zero-order chi connectivity index (χ0) is 12.9. The first-order valence-corrected chi connectivity index (χ1v) is 7.08. The molecule has 2 nitrogen and oxygen atoms in total. The third kappa shape index (κ3) is 3.56. The topological polar surface area (TPSA) is 15.3 Å². The second kappa shape index (κ2) is 6.55. The molecule has 0 aromatic rings. The monoisotopic (exact) mass is 238 g/mol. The fourth-order valence-corrected chi connectivity index (χ4v) is 3.32. The molecule has 1 rings (SSSR count). The molecule has 0 amide bonds. The molecule has 0 aliphatic heterocycles. The Kier molecular flexibility index (Phi) is 5.68. The van der Waals surface area contributed by atoms with Crippen molar-refractivity contribution in [2.75, 3.05) is 20.6 Å². The minimum Gasteiger partial charge on any atom is -0.312 e. The summed E-state index contributed by atoms with van der Waals surface area (Å²) in [6.45, 7) is 9.51. The normalized spacial score (nSPS) is 21.5. The molecule has 0 saturated heterocycles. The van der Waals surface area contributed by atoms with Gasteiger partial charge in [0.1, 0.15) is 0 Å². The summed E-state index contributed by atoms with van der Waals surface area (Å²) in [5.41, 5.74) is 1.63. The lowest BCUT2D eigenvalue weighted by atomic mass is 9.73. The van der Waals surface area contributed by atoms with Gasteiger partial charge < -0.3 is 10.2 Å². The summed E-state index contributed by atoms with van der Waals surface area (Å²) in [6, 6.07) is 0.556. The number of rotatable bonds is 6. The second-order valence-corrected chi connectivity index (χ2v) is 5.83. The highest BCUT2D eigenvalue weighted by Crippen LogP contribution is 2.37. The van der Waals surface area contributed by atoms with Gasteiger partial charge in [0.05, 0.1) is 0 Å². The van der Waals surface area contributed by atoms with E-state index in [1.54, 1.807) is 0 Å². The van der Waals surface area contributed by atoms with Crippen LogP contribution in [0.2, 0.25) is 0 Å². The van der Waals surface area contributed by atoms with E-state index < -0.39 is 0 Å². The van der Waals surface area contributed by atoms with Crippen LogP contribution in [0, 0.1) is 0 Å². The van der Waals surface area contributed by atoms with E-state index in [0.29, 0.717) is 11.6 Å². The van der Waals surface area contributed by atoms with E-state index in [-0.39, 0.29) is 0 Å². The Balaban J connectivity index is 2.86. The summed E-state index contributed by atoms with van der Waals surface area (Å²) in [7, 11) is 4.49. The van der Waals surface area contributed by atoms with E-state index in [1.807, 2.05) is 0 Å². The van der Waals surface area contributed by atoms with E-state index in [0.717, 1.165) is 13.0 Å². The average Bonchev–Trinajstić information content (AvgIpc) is 2.28. The Morgan fingerprint density at radius 2 is 1.88 bits per heavy atom. The van der Waals surface area contributed by atoms with Crippen molar-refractivity contribution in [3.05, 3.63) is 12.2 Å². The maximum atomic E-state index is 4.10. The molecule has 0 aromatic heterocycles. The summed E-state index contributed by atoms with van der Waals surface area (Å²) in [5, 5.41) is 3.70. The minimum absolute atomic E-state index is 0.340. The molecule has 0 radical (unpaired) electrons. The van der Waals surface area contributed by atoms with Crippen LogP contribution in [0.1, 0.15) is 52.4 Å². The first-order chi connectivity index (χ1) is 8.03. The molecule has 1 aliphatic carbocycles. The van der Waals surface area contributed by atoms with Crippen LogP contribution in [-0.2, 0) is 0 Å². The zero-order valence-electron chi connectivity index (χ0n) is 12.2. The van der Waals surface area contributed by atoms with Crippen LogP contribution in [0.15, 0.2) is 12.2 Å². The molecule has 1 fully saturated rings. The van der Waals surface area contributed by atoms with Gasteiger partial charge in [-0.15, -0.1) is 6.58 Å². The van der Waals surface area contributed by atoms with Gasteiger partial charge in [-0.05, 0) is 46.8 Å². The number of hydrogen-bond donors (Lipinski definition) is 1. The quantitative estimate of drug-likeness (QED) is 0.715. The first kappa shape index (κ1) is 14.7. The fourth-order valence-electron chi connectivity index (χ4n) is 3.32. The average molecular weight is 238 g/mol. The lowest BCUT2D eigenvalue weighted by Gasteiger charge is -2.49. The highest BCUT2D eigenvalue weighted by molar-refractivity contribution is 5.06. The van der Waals surface area contributed by atoms with Crippen molar-refractivity contribution in [2.24, 2.45) is 0 Å². The number of hydrogen-bond acceptors (Lipinski definition) is 2. The molecular formula is C15H30N2. The summed E-state index contributed by atoms with van der Waals surface area (Å²) in [5.74, 6) is 0. The number of likely N-dealkylation sites (N-methyl/N-ethyl adjacent to an activating group) is 2. The van der Waals surface area contributed by atoms with E-state index >= 15 is 0 Å². The SMILES string of the molecule is C=C(C)CC(NCC)C1(N(C)C)CCCCC1. The molecule has 0 aromatic carbocycles. The van der Waals surface area contributed by atoms with Crippen molar-refractivity contribution < 1.29 is 0 Å². The van der Waals surface area contributed by atoms with Crippen LogP contribution in [-0.4, -0.2) is 37.1 Å². The van der Waals surface area contributed by atoms with Crippen molar-refractivity contribution in [3.63, 3.8) is 0 Å². The van der Waals surface area contributed by atoms with Gasteiger partial charge in [-0.2, -0.15) is 0 Å². The second-order valence-electron chi connectivity index (χ2n) is 5.83. The van der Waals surface area contributed by atoms with Crippen molar-refractivity contribution in [2.45, 2.75) is 64.0 Å². The Labute approximate surface area is 107 Å². The first-order valence-electron chi connectivity index (χ1n) is 7.08. The van der Waals surface area contributed by atoms with Gasteiger partial charge in [0.2, 0.25) is 0 Å². The lowest BCUT2D eigenvalue weighted by Crippen LogP contribution is -2.60. The molecule has 2 heteroatoms. The van der Waals surface area contributed by atoms with Crippen molar-refractivity contribution in [1.82, 2.24) is 10.2 Å². The van der Waals surface area contributed by atoms with Gasteiger partial charge in [0.15, 0.2) is 0 Å². The molecule has 100 valence electrons. The predicted octanol–water partition coefficient (Wildman–Crippen LogP) is 3.20. The van der Waals surface area contributed by atoms with Gasteiger partial charge in [-0.1, -0.05) is 31.8 Å². The molecule has 0 heterocycles. The molecule has 1 saturated carbocycles. The number of nitrogens with zero attached hydrogens (tertiary/aromatic N) is 1. The molecule has 1 atom stereocenters. The molecular weight excluding hydrogens is 208 g/mol. The van der Waals surface area contributed by atoms with Gasteiger partial charge >= 0.3 is 0 Å². The summed E-state index contributed by atoms with van der Waals surface area (Å²) in [6.07, 6.45) is 7.90. The smallest absolute Gasteiger partial charge is 0.0359 e. The summed E-state index contributed by atoms with van der Waals surface area (Å²) < 4.78 is 0. The third-order valence-corrected chi connectivity index (χ3v) is 4.26. The zero-order valence-corrected chi connectivity index (χ0v) is 12.2. The Hall–Kier alpha value is -0.340. The molecule has 1 N–H and O–H groups in total. The van der Waals surface area contributed by atoms with Crippen LogP contribution < -0.4 is 5.32 Å². The number of nitrogens with one attached hydrogen (secondary N) is 1. The van der Waals surface area contributed by atoms with Crippen LogP contribution >= 0.6 is 0 Å². The minimum atomic E-state index is 0.340. The van der Waals surface area contributed by atoms with Gasteiger partial charge in [0.25, 0.3) is 0 Å². The maximum absolute atomic E-state index is 4.10. The summed E-state index contributed by atoms with van der Waals surface area (Å²) in [4.78, 5) is 2.46. The maximum Gasteiger partial charge on any atom is 0.0359 e. The van der Waals surface area contributed by atoms with Crippen LogP contribution in [0.5, 0.6) is 0 Å². The van der Waals surface area contributed by atoms with E-state index in [9.17, 15) is 0 Å². The van der Waals surface area contributed by atoms with Crippen molar-refractivity contribution >= 4 is 0 Å². The van der Waals surface area contributed by atoms with Crippen LogP contribution in [0.4, 0.5) is 0 Å². The molecule has 0 bridgehead atoms. The highest BCUT2D eigenvalue weighted by Gasteiger charge is 2.40. The highest BCUT2D eigenvalue weighted by atomic mass is 15.2. The molecule has 0 spiro atoms.